The van der Waals surface area contributed by atoms with Crippen molar-refractivity contribution in [1.29, 1.82) is 0 Å². The Balaban J connectivity index is 2.07. The number of rotatable bonds is 4. The topological polar surface area (TPSA) is 67.5 Å². The van der Waals surface area contributed by atoms with Crippen LogP contribution in [-0.2, 0) is 4.79 Å². The van der Waals surface area contributed by atoms with Gasteiger partial charge >= 0.3 is 5.63 Å². The number of Topliss-reactive ketones (excluding diaryl/α,β-unsaturated/α-hetero) is 1. The minimum atomic E-state index is -0.510. The van der Waals surface area contributed by atoms with E-state index in [1.165, 1.54) is 19.3 Å². The fraction of sp³-hybridized carbons (Fsp3) is 0.524. The summed E-state index contributed by atoms with van der Waals surface area (Å²) in [4.78, 5) is 24.5. The first kappa shape index (κ1) is 17.7. The van der Waals surface area contributed by atoms with Crippen LogP contribution in [-0.4, -0.2) is 10.9 Å². The summed E-state index contributed by atoms with van der Waals surface area (Å²) in [5, 5.41) is 11.3. The molecule has 4 heteroatoms. The zero-order valence-corrected chi connectivity index (χ0v) is 14.8. The highest BCUT2D eigenvalue weighted by Crippen LogP contribution is 2.41. The van der Waals surface area contributed by atoms with E-state index in [1.807, 2.05) is 6.07 Å². The average molecular weight is 342 g/mol. The van der Waals surface area contributed by atoms with Gasteiger partial charge in [-0.15, -0.1) is 0 Å². The van der Waals surface area contributed by atoms with Crippen LogP contribution >= 0.6 is 0 Å². The molecule has 4 nitrogen and oxygen atoms in total. The lowest BCUT2D eigenvalue weighted by Crippen LogP contribution is -2.23. The molecule has 2 aromatic rings. The average Bonchev–Trinajstić information content (AvgIpc) is 2.53. The molecule has 0 spiro atoms. The number of fused-ring (bicyclic) bond motifs is 1. The van der Waals surface area contributed by atoms with Gasteiger partial charge in [0.1, 0.15) is 17.1 Å². The monoisotopic (exact) mass is 342 g/mol. The lowest BCUT2D eigenvalue weighted by molar-refractivity contribution is -0.117. The Hall–Kier alpha value is -2.10. The Morgan fingerprint density at radius 2 is 1.80 bits per heavy atom. The van der Waals surface area contributed by atoms with Crippen LogP contribution in [0.2, 0.25) is 0 Å². The lowest BCUT2D eigenvalue weighted by atomic mass is 9.76. The summed E-state index contributed by atoms with van der Waals surface area (Å²) >= 11 is 0. The molecule has 1 aromatic heterocycles. The minimum absolute atomic E-state index is 0.0137. The third kappa shape index (κ3) is 3.94. The van der Waals surface area contributed by atoms with E-state index in [0.717, 1.165) is 25.7 Å². The third-order valence-corrected chi connectivity index (χ3v) is 5.42. The molecule has 0 radical (unpaired) electrons. The zero-order chi connectivity index (χ0) is 17.8. The van der Waals surface area contributed by atoms with Crippen LogP contribution in [0, 0.1) is 5.92 Å². The molecular weight excluding hydrogens is 316 g/mol. The van der Waals surface area contributed by atoms with Crippen molar-refractivity contribution in [3.05, 3.63) is 40.2 Å². The van der Waals surface area contributed by atoms with Crippen LogP contribution in [0.25, 0.3) is 11.0 Å². The molecule has 0 aliphatic heterocycles. The van der Waals surface area contributed by atoms with Crippen molar-refractivity contribution in [1.82, 2.24) is 0 Å². The molecule has 1 unspecified atom stereocenters. The molecule has 1 aliphatic carbocycles. The molecule has 0 amide bonds. The molecule has 134 valence electrons. The molecule has 3 rings (SSSR count). The molecule has 1 fully saturated rings. The van der Waals surface area contributed by atoms with Crippen molar-refractivity contribution in [2.45, 2.75) is 64.2 Å². The summed E-state index contributed by atoms with van der Waals surface area (Å²) in [5.74, 6) is -0.00482. The van der Waals surface area contributed by atoms with Gasteiger partial charge in [0.2, 0.25) is 0 Å². The smallest absolute Gasteiger partial charge is 0.343 e. The third-order valence-electron chi connectivity index (χ3n) is 5.42. The number of hydrogen-bond acceptors (Lipinski definition) is 4. The van der Waals surface area contributed by atoms with E-state index in [4.69, 9.17) is 4.42 Å². The number of aromatic hydroxyl groups is 1. The van der Waals surface area contributed by atoms with Gasteiger partial charge in [-0.3, -0.25) is 0 Å². The molecule has 0 bridgehead atoms. The van der Waals surface area contributed by atoms with E-state index >= 15 is 0 Å². The van der Waals surface area contributed by atoms with Crippen LogP contribution in [0.15, 0.2) is 33.5 Å². The maximum absolute atomic E-state index is 12.6. The first-order chi connectivity index (χ1) is 12.1. The predicted octanol–water partition coefficient (Wildman–Crippen LogP) is 4.92. The summed E-state index contributed by atoms with van der Waals surface area (Å²) in [7, 11) is 0. The second-order valence-corrected chi connectivity index (χ2v) is 7.27. The summed E-state index contributed by atoms with van der Waals surface area (Å²) < 4.78 is 5.46. The number of hydrogen-bond donors (Lipinski definition) is 1. The van der Waals surface area contributed by atoms with Gasteiger partial charge in [0.15, 0.2) is 0 Å². The van der Waals surface area contributed by atoms with Crippen molar-refractivity contribution in [3.8, 4) is 5.75 Å². The van der Waals surface area contributed by atoms with Crippen LogP contribution < -0.4 is 5.63 Å². The van der Waals surface area contributed by atoms with E-state index in [1.54, 1.807) is 25.1 Å². The van der Waals surface area contributed by atoms with Crippen LogP contribution in [0.4, 0.5) is 0 Å². The Morgan fingerprint density at radius 1 is 1.16 bits per heavy atom. The molecule has 1 saturated carbocycles. The molecule has 25 heavy (non-hydrogen) atoms. The van der Waals surface area contributed by atoms with Crippen molar-refractivity contribution >= 4 is 16.8 Å². The summed E-state index contributed by atoms with van der Waals surface area (Å²) in [6.07, 6.45) is 8.13. The standard InChI is InChI=1S/C21H26O4/c1-14(22)13-17(15-9-5-3-2-4-6-10-15)19-20(23)16-11-7-8-12-18(16)25-21(19)24/h7-8,11-12,15,17,23H,2-6,9-10,13H2,1H3. The summed E-state index contributed by atoms with van der Waals surface area (Å²) in [5.41, 5.74) is 0.164. The molecule has 1 aliphatic rings. The fourth-order valence-electron chi connectivity index (χ4n) is 4.18. The first-order valence-electron chi connectivity index (χ1n) is 9.32. The molecule has 0 saturated heterocycles. The second kappa shape index (κ2) is 7.85. The number of para-hydroxylation sites is 1. The van der Waals surface area contributed by atoms with Crippen molar-refractivity contribution < 1.29 is 14.3 Å². The van der Waals surface area contributed by atoms with Crippen molar-refractivity contribution in [2.75, 3.05) is 0 Å². The van der Waals surface area contributed by atoms with Crippen LogP contribution in [0.1, 0.15) is 69.8 Å². The molecule has 1 heterocycles. The molecule has 1 atom stereocenters. The highest BCUT2D eigenvalue weighted by atomic mass is 16.4. The second-order valence-electron chi connectivity index (χ2n) is 7.27. The highest BCUT2D eigenvalue weighted by Gasteiger charge is 2.31. The van der Waals surface area contributed by atoms with Gasteiger partial charge in [-0.25, -0.2) is 4.79 Å². The molecule has 1 N–H and O–H groups in total. The quantitative estimate of drug-likeness (QED) is 0.801. The van der Waals surface area contributed by atoms with E-state index < -0.39 is 5.63 Å². The van der Waals surface area contributed by atoms with E-state index in [0.29, 0.717) is 16.5 Å². The van der Waals surface area contributed by atoms with E-state index in [9.17, 15) is 14.7 Å². The van der Waals surface area contributed by atoms with Gasteiger partial charge in [-0.05, 0) is 37.8 Å². The number of ketones is 1. The maximum Gasteiger partial charge on any atom is 0.343 e. The number of carbonyl (C=O) groups is 1. The van der Waals surface area contributed by atoms with E-state index in [-0.39, 0.29) is 29.8 Å². The summed E-state index contributed by atoms with van der Waals surface area (Å²) in [6.45, 7) is 1.55. The van der Waals surface area contributed by atoms with Gasteiger partial charge in [-0.2, -0.15) is 0 Å². The molecular formula is C21H26O4. The van der Waals surface area contributed by atoms with Gasteiger partial charge in [0.05, 0.1) is 10.9 Å². The summed E-state index contributed by atoms with van der Waals surface area (Å²) in [6, 6.07) is 7.00. The highest BCUT2D eigenvalue weighted by molar-refractivity contribution is 5.84. The van der Waals surface area contributed by atoms with Crippen molar-refractivity contribution in [3.63, 3.8) is 0 Å². The first-order valence-corrected chi connectivity index (χ1v) is 9.32. The maximum atomic E-state index is 12.6. The fourth-order valence-corrected chi connectivity index (χ4v) is 4.18. The Kier molecular flexibility index (Phi) is 5.57. The minimum Gasteiger partial charge on any atom is -0.507 e. The van der Waals surface area contributed by atoms with Gasteiger partial charge in [-0.1, -0.05) is 44.2 Å². The van der Waals surface area contributed by atoms with Crippen molar-refractivity contribution in [2.24, 2.45) is 5.92 Å². The Morgan fingerprint density at radius 3 is 2.48 bits per heavy atom. The SMILES string of the molecule is CC(=O)CC(c1c(O)c2ccccc2oc1=O)C1CCCCCCC1. The predicted molar refractivity (Wildman–Crippen MR) is 98.0 cm³/mol. The van der Waals surface area contributed by atoms with Gasteiger partial charge in [0, 0.05) is 12.3 Å². The van der Waals surface area contributed by atoms with Crippen LogP contribution in [0.3, 0.4) is 0 Å². The Bertz CT molecular complexity index is 797. The Labute approximate surface area is 147 Å². The largest absolute Gasteiger partial charge is 0.507 e. The zero-order valence-electron chi connectivity index (χ0n) is 14.8. The normalized spacial score (nSPS) is 17.8. The van der Waals surface area contributed by atoms with Gasteiger partial charge < -0.3 is 14.3 Å². The lowest BCUT2D eigenvalue weighted by Gasteiger charge is -2.28. The number of carbonyl (C=O) groups excluding carboxylic acids is 1. The van der Waals surface area contributed by atoms with E-state index in [2.05, 4.69) is 0 Å². The molecule has 1 aromatic carbocycles. The number of benzene rings is 1. The van der Waals surface area contributed by atoms with Crippen LogP contribution in [0.5, 0.6) is 5.75 Å². The van der Waals surface area contributed by atoms with Gasteiger partial charge in [0.25, 0.3) is 0 Å².